The van der Waals surface area contributed by atoms with Gasteiger partial charge in [-0.05, 0) is 52.4 Å². The predicted octanol–water partition coefficient (Wildman–Crippen LogP) is 6.42. The van der Waals surface area contributed by atoms with Gasteiger partial charge in [-0.3, -0.25) is 4.79 Å². The highest BCUT2D eigenvalue weighted by Crippen LogP contribution is 2.37. The molecular weight excluding hydrogens is 414 g/mol. The molecule has 0 aliphatic heterocycles. The molecule has 1 heterocycles. The summed E-state index contributed by atoms with van der Waals surface area (Å²) in [4.78, 5) is 12.4. The molecule has 152 valence electrons. The highest BCUT2D eigenvalue weighted by Gasteiger charge is 2.30. The van der Waals surface area contributed by atoms with E-state index >= 15 is 0 Å². The molecule has 0 bridgehead atoms. The molecule has 0 aliphatic rings. The highest BCUT2D eigenvalue weighted by atomic mass is 32.1. The first kappa shape index (κ1) is 20.1. The molecule has 0 saturated carbocycles. The van der Waals surface area contributed by atoms with Crippen LogP contribution in [0.25, 0.3) is 21.2 Å². The van der Waals surface area contributed by atoms with E-state index in [0.29, 0.717) is 17.5 Å². The Morgan fingerprint density at radius 3 is 2.47 bits per heavy atom. The van der Waals surface area contributed by atoms with Gasteiger partial charge in [0.25, 0.3) is 0 Å². The molecule has 2 N–H and O–H groups in total. The first-order chi connectivity index (χ1) is 14.2. The number of halogens is 4. The van der Waals surface area contributed by atoms with Crippen molar-refractivity contribution in [1.82, 2.24) is 0 Å². The number of benzene rings is 3. The normalized spacial score (nSPS) is 11.7. The van der Waals surface area contributed by atoms with Gasteiger partial charge in [-0.25, -0.2) is 4.39 Å². The van der Waals surface area contributed by atoms with Gasteiger partial charge in [0.1, 0.15) is 5.82 Å². The smallest absolute Gasteiger partial charge is 0.366 e. The van der Waals surface area contributed by atoms with Crippen LogP contribution in [-0.4, -0.2) is 5.91 Å². The molecule has 0 unspecified atom stereocenters. The predicted molar refractivity (Wildman–Crippen MR) is 110 cm³/mol. The second kappa shape index (κ2) is 7.57. The van der Waals surface area contributed by atoms with Crippen LogP contribution in [0.3, 0.4) is 0 Å². The molecule has 3 aromatic carbocycles. The summed E-state index contributed by atoms with van der Waals surface area (Å²) in [6.07, 6.45) is -4.04. The maximum atomic E-state index is 14.0. The summed E-state index contributed by atoms with van der Waals surface area (Å²) in [5.74, 6) is -1.29. The van der Waals surface area contributed by atoms with Gasteiger partial charge in [0.15, 0.2) is 0 Å². The molecule has 0 aliphatic carbocycles. The Morgan fingerprint density at radius 2 is 1.73 bits per heavy atom. The minimum Gasteiger partial charge on any atom is -0.366 e. The molecule has 1 amide bonds. The van der Waals surface area contributed by atoms with Gasteiger partial charge in [-0.15, -0.1) is 11.3 Å². The van der Waals surface area contributed by atoms with Crippen LogP contribution in [0, 0.1) is 5.82 Å². The number of rotatable bonds is 4. The van der Waals surface area contributed by atoms with Crippen LogP contribution in [0.5, 0.6) is 0 Å². The average molecular weight is 429 g/mol. The number of carbonyl (C=O) groups is 1. The number of hydrogen-bond acceptors (Lipinski definition) is 2. The monoisotopic (exact) mass is 429 g/mol. The molecule has 30 heavy (non-hydrogen) atoms. The molecule has 1 aromatic heterocycles. The second-order valence-corrected chi connectivity index (χ2v) is 8.04. The minimum absolute atomic E-state index is 0.0720. The summed E-state index contributed by atoms with van der Waals surface area (Å²) in [5.41, 5.74) is 6.49. The maximum absolute atomic E-state index is 14.0. The molecule has 7 heteroatoms. The summed E-state index contributed by atoms with van der Waals surface area (Å²) in [6.45, 7) is 0. The van der Waals surface area contributed by atoms with Crippen molar-refractivity contribution in [3.63, 3.8) is 0 Å². The lowest BCUT2D eigenvalue weighted by Crippen LogP contribution is -2.11. The van der Waals surface area contributed by atoms with Crippen molar-refractivity contribution in [3.8, 4) is 11.1 Å². The Labute approximate surface area is 173 Å². The first-order valence-corrected chi connectivity index (χ1v) is 9.81. The molecule has 4 rings (SSSR count). The fourth-order valence-corrected chi connectivity index (χ4v) is 4.60. The SMILES string of the molecule is NC(=O)c1cc(F)cc(-c2cccc3cc(Cc4cccc(C(F)(F)F)c4)sc23)c1. The second-order valence-electron chi connectivity index (χ2n) is 6.90. The summed E-state index contributed by atoms with van der Waals surface area (Å²) >= 11 is 1.43. The van der Waals surface area contributed by atoms with Crippen LogP contribution in [0.15, 0.2) is 66.7 Å². The lowest BCUT2D eigenvalue weighted by molar-refractivity contribution is -0.137. The zero-order chi connectivity index (χ0) is 21.5. The molecule has 0 fully saturated rings. The Balaban J connectivity index is 1.74. The summed E-state index contributed by atoms with van der Waals surface area (Å²) in [6, 6.07) is 16.6. The summed E-state index contributed by atoms with van der Waals surface area (Å²) in [5, 5.41) is 0.893. The van der Waals surface area contributed by atoms with E-state index in [1.54, 1.807) is 6.07 Å². The van der Waals surface area contributed by atoms with E-state index in [4.69, 9.17) is 5.73 Å². The fourth-order valence-electron chi connectivity index (χ4n) is 3.38. The summed E-state index contributed by atoms with van der Waals surface area (Å²) in [7, 11) is 0. The summed E-state index contributed by atoms with van der Waals surface area (Å²) < 4.78 is 53.8. The van der Waals surface area contributed by atoms with E-state index in [0.717, 1.165) is 38.7 Å². The van der Waals surface area contributed by atoms with E-state index in [1.165, 1.54) is 29.5 Å². The van der Waals surface area contributed by atoms with Gasteiger partial charge >= 0.3 is 6.18 Å². The maximum Gasteiger partial charge on any atom is 0.416 e. The van der Waals surface area contributed by atoms with Crippen molar-refractivity contribution in [3.05, 3.63) is 94.1 Å². The number of alkyl halides is 3. The zero-order valence-electron chi connectivity index (χ0n) is 15.5. The number of amides is 1. The molecule has 0 radical (unpaired) electrons. The Bertz CT molecular complexity index is 1260. The molecule has 2 nitrogen and oxygen atoms in total. The largest absolute Gasteiger partial charge is 0.416 e. The molecular formula is C23H15F4NOS. The third-order valence-corrected chi connectivity index (χ3v) is 5.91. The van der Waals surface area contributed by atoms with Gasteiger partial charge < -0.3 is 5.73 Å². The van der Waals surface area contributed by atoms with Crippen molar-refractivity contribution in [2.24, 2.45) is 5.73 Å². The Kier molecular flexibility index (Phi) is 5.07. The van der Waals surface area contributed by atoms with E-state index in [-0.39, 0.29) is 5.56 Å². The highest BCUT2D eigenvalue weighted by molar-refractivity contribution is 7.19. The van der Waals surface area contributed by atoms with Crippen molar-refractivity contribution < 1.29 is 22.4 Å². The van der Waals surface area contributed by atoms with E-state index in [1.807, 2.05) is 24.3 Å². The lowest BCUT2D eigenvalue weighted by atomic mass is 10.0. The standard InChI is InChI=1S/C23H15F4NOS/c24-18-10-15(9-16(11-18)22(28)29)20-6-2-4-14-12-19(30-21(14)20)8-13-3-1-5-17(7-13)23(25,26)27/h1-7,9-12H,8H2,(H2,28,29). The van der Waals surface area contributed by atoms with Crippen molar-refractivity contribution in [2.75, 3.05) is 0 Å². The van der Waals surface area contributed by atoms with Crippen LogP contribution in [0.1, 0.15) is 26.4 Å². The number of thiophene rings is 1. The number of hydrogen-bond donors (Lipinski definition) is 1. The van der Waals surface area contributed by atoms with Crippen LogP contribution in [0.4, 0.5) is 17.6 Å². The quantitative estimate of drug-likeness (QED) is 0.374. The van der Waals surface area contributed by atoms with Crippen molar-refractivity contribution in [2.45, 2.75) is 12.6 Å². The average Bonchev–Trinajstić information content (AvgIpc) is 3.09. The third-order valence-electron chi connectivity index (χ3n) is 4.72. The van der Waals surface area contributed by atoms with Crippen LogP contribution >= 0.6 is 11.3 Å². The van der Waals surface area contributed by atoms with E-state index in [9.17, 15) is 22.4 Å². The van der Waals surface area contributed by atoms with Gasteiger partial charge in [0.2, 0.25) is 5.91 Å². The molecule has 0 spiro atoms. The molecule has 4 aromatic rings. The third kappa shape index (κ3) is 4.07. The van der Waals surface area contributed by atoms with Gasteiger partial charge in [-0.2, -0.15) is 13.2 Å². The van der Waals surface area contributed by atoms with Gasteiger partial charge in [-0.1, -0.05) is 36.4 Å². The van der Waals surface area contributed by atoms with Gasteiger partial charge in [0.05, 0.1) is 5.56 Å². The Hall–Kier alpha value is -3.19. The van der Waals surface area contributed by atoms with Crippen molar-refractivity contribution in [1.29, 1.82) is 0 Å². The topological polar surface area (TPSA) is 43.1 Å². The first-order valence-electron chi connectivity index (χ1n) is 8.99. The minimum atomic E-state index is -4.39. The lowest BCUT2D eigenvalue weighted by Gasteiger charge is -2.08. The number of nitrogens with two attached hydrogens (primary N) is 1. The van der Waals surface area contributed by atoms with Gasteiger partial charge in [0, 0.05) is 21.6 Å². The number of primary amides is 1. The van der Waals surface area contributed by atoms with E-state index < -0.39 is 23.5 Å². The molecule has 0 atom stereocenters. The Morgan fingerprint density at radius 1 is 0.967 bits per heavy atom. The van der Waals surface area contributed by atoms with E-state index in [2.05, 4.69) is 0 Å². The van der Waals surface area contributed by atoms with Crippen LogP contribution < -0.4 is 5.73 Å². The van der Waals surface area contributed by atoms with Crippen LogP contribution in [-0.2, 0) is 12.6 Å². The number of fused-ring (bicyclic) bond motifs is 1. The van der Waals surface area contributed by atoms with Crippen molar-refractivity contribution >= 4 is 27.3 Å². The zero-order valence-corrected chi connectivity index (χ0v) is 16.3. The van der Waals surface area contributed by atoms with Crippen LogP contribution in [0.2, 0.25) is 0 Å². The molecule has 0 saturated heterocycles. The fraction of sp³-hybridized carbons (Fsp3) is 0.0870. The number of carbonyl (C=O) groups excluding carboxylic acids is 1.